The highest BCUT2D eigenvalue weighted by molar-refractivity contribution is 5.14. The van der Waals surface area contributed by atoms with Crippen molar-refractivity contribution in [3.05, 3.63) is 48.0 Å². The number of piperidine rings is 1. The molecule has 1 saturated heterocycles. The van der Waals surface area contributed by atoms with Gasteiger partial charge in [-0.3, -0.25) is 10.00 Å². The molecule has 1 atom stereocenters. The molecule has 0 saturated carbocycles. The summed E-state index contributed by atoms with van der Waals surface area (Å²) in [4.78, 5) is 6.67. The van der Waals surface area contributed by atoms with E-state index in [4.69, 9.17) is 0 Å². The van der Waals surface area contributed by atoms with Crippen LogP contribution in [0.15, 0.2) is 36.7 Å². The lowest BCUT2D eigenvalue weighted by atomic mass is 10.0. The summed E-state index contributed by atoms with van der Waals surface area (Å²) in [6, 6.07) is 11.2. The van der Waals surface area contributed by atoms with Gasteiger partial charge in [0.2, 0.25) is 0 Å². The molecular formula is C15H21N5. The third kappa shape index (κ3) is 3.65. The molecule has 0 amide bonds. The second-order valence-corrected chi connectivity index (χ2v) is 5.37. The Morgan fingerprint density at radius 2 is 2.20 bits per heavy atom. The average Bonchev–Trinajstić information content (AvgIpc) is 3.00. The molecule has 1 aromatic carbocycles. The summed E-state index contributed by atoms with van der Waals surface area (Å²) in [5.74, 6) is 0.908. The van der Waals surface area contributed by atoms with E-state index < -0.39 is 0 Å². The molecule has 20 heavy (non-hydrogen) atoms. The number of nitrogens with zero attached hydrogens (tertiary/aromatic N) is 3. The first-order valence-electron chi connectivity index (χ1n) is 7.24. The van der Waals surface area contributed by atoms with Crippen molar-refractivity contribution in [2.24, 2.45) is 0 Å². The SMILES string of the molecule is c1ccc(CN2CCCC(NCc3ncn[nH]3)C2)cc1. The van der Waals surface area contributed by atoms with Crippen molar-refractivity contribution in [2.75, 3.05) is 13.1 Å². The fraction of sp³-hybridized carbons (Fsp3) is 0.467. The fourth-order valence-electron chi connectivity index (χ4n) is 2.76. The van der Waals surface area contributed by atoms with Crippen molar-refractivity contribution in [1.29, 1.82) is 0 Å². The minimum absolute atomic E-state index is 0.539. The first-order valence-corrected chi connectivity index (χ1v) is 7.24. The molecule has 0 aliphatic carbocycles. The molecule has 1 aliphatic rings. The number of aromatic nitrogens is 3. The summed E-state index contributed by atoms with van der Waals surface area (Å²) in [7, 11) is 0. The lowest BCUT2D eigenvalue weighted by molar-refractivity contribution is 0.182. The van der Waals surface area contributed by atoms with Crippen molar-refractivity contribution >= 4 is 0 Å². The second kappa shape index (κ2) is 6.63. The topological polar surface area (TPSA) is 56.8 Å². The van der Waals surface area contributed by atoms with Crippen molar-refractivity contribution in [2.45, 2.75) is 32.0 Å². The largest absolute Gasteiger partial charge is 0.306 e. The minimum atomic E-state index is 0.539. The van der Waals surface area contributed by atoms with Crippen LogP contribution in [0.1, 0.15) is 24.2 Å². The van der Waals surface area contributed by atoms with Gasteiger partial charge >= 0.3 is 0 Å². The van der Waals surface area contributed by atoms with Crippen LogP contribution in [0.25, 0.3) is 0 Å². The van der Waals surface area contributed by atoms with Crippen LogP contribution in [0.3, 0.4) is 0 Å². The number of aromatic amines is 1. The van der Waals surface area contributed by atoms with Crippen LogP contribution < -0.4 is 5.32 Å². The number of H-pyrrole nitrogens is 1. The molecule has 106 valence electrons. The molecule has 5 nitrogen and oxygen atoms in total. The van der Waals surface area contributed by atoms with Crippen LogP contribution in [0.5, 0.6) is 0 Å². The predicted octanol–water partition coefficient (Wildman–Crippen LogP) is 1.56. The Morgan fingerprint density at radius 3 is 3.00 bits per heavy atom. The third-order valence-electron chi connectivity index (χ3n) is 3.78. The monoisotopic (exact) mass is 271 g/mol. The third-order valence-corrected chi connectivity index (χ3v) is 3.78. The Hall–Kier alpha value is -1.72. The normalized spacial score (nSPS) is 20.1. The van der Waals surface area contributed by atoms with E-state index in [-0.39, 0.29) is 0 Å². The van der Waals surface area contributed by atoms with Crippen molar-refractivity contribution in [3.8, 4) is 0 Å². The summed E-state index contributed by atoms with van der Waals surface area (Å²) in [5, 5.41) is 10.3. The van der Waals surface area contributed by atoms with Crippen LogP contribution in [0, 0.1) is 0 Å². The molecule has 1 aromatic heterocycles. The maximum Gasteiger partial charge on any atom is 0.138 e. The Bertz CT molecular complexity index is 496. The van der Waals surface area contributed by atoms with Crippen molar-refractivity contribution in [1.82, 2.24) is 25.4 Å². The van der Waals surface area contributed by atoms with Gasteiger partial charge in [0, 0.05) is 19.1 Å². The first kappa shape index (κ1) is 13.3. The van der Waals surface area contributed by atoms with Crippen LogP contribution in [-0.4, -0.2) is 39.2 Å². The Balaban J connectivity index is 1.49. The fourth-order valence-corrected chi connectivity index (χ4v) is 2.76. The lowest BCUT2D eigenvalue weighted by Crippen LogP contribution is -2.45. The van der Waals surface area contributed by atoms with Gasteiger partial charge < -0.3 is 5.32 Å². The highest BCUT2D eigenvalue weighted by Gasteiger charge is 2.19. The zero-order chi connectivity index (χ0) is 13.6. The van der Waals surface area contributed by atoms with Gasteiger partial charge in [-0.15, -0.1) is 0 Å². The Morgan fingerprint density at radius 1 is 1.30 bits per heavy atom. The number of rotatable bonds is 5. The highest BCUT2D eigenvalue weighted by atomic mass is 15.2. The number of nitrogens with one attached hydrogen (secondary N) is 2. The molecule has 3 rings (SSSR count). The molecule has 2 heterocycles. The van der Waals surface area contributed by atoms with E-state index in [9.17, 15) is 0 Å². The number of hydrogen-bond donors (Lipinski definition) is 2. The van der Waals surface area contributed by atoms with Gasteiger partial charge in [-0.1, -0.05) is 30.3 Å². The highest BCUT2D eigenvalue weighted by Crippen LogP contribution is 2.13. The standard InChI is InChI=1S/C15H21N5/c1-2-5-13(6-3-1)10-20-8-4-7-14(11-20)16-9-15-17-12-18-19-15/h1-3,5-6,12,14,16H,4,7-11H2,(H,17,18,19). The predicted molar refractivity (Wildman–Crippen MR) is 78.0 cm³/mol. The molecular weight excluding hydrogens is 250 g/mol. The summed E-state index contributed by atoms with van der Waals surface area (Å²) in [5.41, 5.74) is 1.39. The van der Waals surface area contributed by atoms with Gasteiger partial charge in [-0.05, 0) is 24.9 Å². The molecule has 2 aromatic rings. The van der Waals surface area contributed by atoms with E-state index >= 15 is 0 Å². The van der Waals surface area contributed by atoms with E-state index in [0.717, 1.165) is 25.5 Å². The van der Waals surface area contributed by atoms with Crippen molar-refractivity contribution in [3.63, 3.8) is 0 Å². The van der Waals surface area contributed by atoms with Gasteiger partial charge in [-0.25, -0.2) is 4.98 Å². The van der Waals surface area contributed by atoms with Crippen LogP contribution in [-0.2, 0) is 13.1 Å². The molecule has 1 aliphatic heterocycles. The molecule has 0 radical (unpaired) electrons. The van der Waals surface area contributed by atoms with Crippen LogP contribution >= 0.6 is 0 Å². The van der Waals surface area contributed by atoms with E-state index in [1.165, 1.54) is 24.9 Å². The zero-order valence-electron chi connectivity index (χ0n) is 11.6. The second-order valence-electron chi connectivity index (χ2n) is 5.37. The Kier molecular flexibility index (Phi) is 4.40. The molecule has 1 fully saturated rings. The van der Waals surface area contributed by atoms with Gasteiger partial charge in [0.25, 0.3) is 0 Å². The van der Waals surface area contributed by atoms with E-state index in [0.29, 0.717) is 6.04 Å². The van der Waals surface area contributed by atoms with Gasteiger partial charge in [-0.2, -0.15) is 5.10 Å². The van der Waals surface area contributed by atoms with Gasteiger partial charge in [0.1, 0.15) is 12.2 Å². The number of benzene rings is 1. The lowest BCUT2D eigenvalue weighted by Gasteiger charge is -2.33. The maximum atomic E-state index is 4.14. The van der Waals surface area contributed by atoms with E-state index in [2.05, 4.69) is 55.7 Å². The summed E-state index contributed by atoms with van der Waals surface area (Å²) >= 11 is 0. The molecule has 0 spiro atoms. The zero-order valence-corrected chi connectivity index (χ0v) is 11.6. The Labute approximate surface area is 119 Å². The molecule has 5 heteroatoms. The van der Waals surface area contributed by atoms with Crippen LogP contribution in [0.4, 0.5) is 0 Å². The van der Waals surface area contributed by atoms with Gasteiger partial charge in [0.05, 0.1) is 6.54 Å². The maximum absolute atomic E-state index is 4.14. The van der Waals surface area contributed by atoms with Gasteiger partial charge in [0.15, 0.2) is 0 Å². The van der Waals surface area contributed by atoms with Crippen molar-refractivity contribution < 1.29 is 0 Å². The minimum Gasteiger partial charge on any atom is -0.306 e. The van der Waals surface area contributed by atoms with E-state index in [1.54, 1.807) is 6.33 Å². The summed E-state index contributed by atoms with van der Waals surface area (Å²) in [6.45, 7) is 4.10. The van der Waals surface area contributed by atoms with Crippen LogP contribution in [0.2, 0.25) is 0 Å². The number of likely N-dealkylation sites (tertiary alicyclic amines) is 1. The summed E-state index contributed by atoms with van der Waals surface area (Å²) < 4.78 is 0. The quantitative estimate of drug-likeness (QED) is 0.866. The molecule has 1 unspecified atom stereocenters. The summed E-state index contributed by atoms with van der Waals surface area (Å²) in [6.07, 6.45) is 4.04. The molecule has 2 N–H and O–H groups in total. The molecule has 0 bridgehead atoms. The first-order chi connectivity index (χ1) is 9.90. The number of hydrogen-bond acceptors (Lipinski definition) is 4. The smallest absolute Gasteiger partial charge is 0.138 e. The average molecular weight is 271 g/mol. The van der Waals surface area contributed by atoms with E-state index in [1.807, 2.05) is 0 Å².